The SMILES string of the molecule is Cc1ccc(C)c(COC2CCN(S(=O)(=O)CC(CCc3ccccc3)N(O)C=O)CC2)c1. The fourth-order valence-corrected chi connectivity index (χ4v) is 5.93. The van der Waals surface area contributed by atoms with Crippen LogP contribution in [0.4, 0.5) is 0 Å². The molecule has 0 bridgehead atoms. The van der Waals surface area contributed by atoms with Gasteiger partial charge in [0.25, 0.3) is 0 Å². The zero-order chi connectivity index (χ0) is 23.8. The molecule has 0 radical (unpaired) electrons. The maximum Gasteiger partial charge on any atom is 0.233 e. The van der Waals surface area contributed by atoms with Gasteiger partial charge in [0.15, 0.2) is 0 Å². The summed E-state index contributed by atoms with van der Waals surface area (Å²) in [5, 5.41) is 10.5. The van der Waals surface area contributed by atoms with Crippen LogP contribution in [0.15, 0.2) is 48.5 Å². The number of aryl methyl sites for hydroxylation is 3. The Bertz CT molecular complexity index is 1000. The molecule has 1 aliphatic rings. The van der Waals surface area contributed by atoms with E-state index in [1.54, 1.807) is 0 Å². The normalized spacial score (nSPS) is 16.5. The van der Waals surface area contributed by atoms with Crippen molar-refractivity contribution >= 4 is 16.4 Å². The molecule has 1 amide bonds. The molecule has 0 saturated carbocycles. The molecule has 1 saturated heterocycles. The number of hydrogen-bond acceptors (Lipinski definition) is 5. The van der Waals surface area contributed by atoms with E-state index < -0.39 is 16.1 Å². The summed E-state index contributed by atoms with van der Waals surface area (Å²) in [5.41, 5.74) is 4.56. The lowest BCUT2D eigenvalue weighted by atomic mass is 10.1. The number of rotatable bonds is 11. The van der Waals surface area contributed by atoms with Crippen molar-refractivity contribution in [3.8, 4) is 0 Å². The van der Waals surface area contributed by atoms with E-state index in [4.69, 9.17) is 4.74 Å². The molecule has 2 aromatic carbocycles. The van der Waals surface area contributed by atoms with E-state index in [0.717, 1.165) is 11.1 Å². The minimum atomic E-state index is -3.63. The van der Waals surface area contributed by atoms with E-state index in [-0.39, 0.29) is 18.3 Å². The predicted octanol–water partition coefficient (Wildman–Crippen LogP) is 3.46. The molecule has 1 aliphatic heterocycles. The molecule has 1 atom stereocenters. The number of carbonyl (C=O) groups excluding carboxylic acids is 1. The number of carbonyl (C=O) groups is 1. The third-order valence-electron chi connectivity index (χ3n) is 6.27. The highest BCUT2D eigenvalue weighted by Gasteiger charge is 2.32. The van der Waals surface area contributed by atoms with Crippen LogP contribution in [-0.2, 0) is 32.6 Å². The Hall–Kier alpha value is -2.26. The van der Waals surface area contributed by atoms with Gasteiger partial charge in [-0.25, -0.2) is 17.8 Å². The van der Waals surface area contributed by atoms with Crippen molar-refractivity contribution in [2.45, 2.75) is 58.3 Å². The highest BCUT2D eigenvalue weighted by atomic mass is 32.2. The second-order valence-corrected chi connectivity index (χ2v) is 10.8. The van der Waals surface area contributed by atoms with Crippen molar-refractivity contribution in [3.05, 3.63) is 70.8 Å². The van der Waals surface area contributed by atoms with Gasteiger partial charge in [0, 0.05) is 13.1 Å². The lowest BCUT2D eigenvalue weighted by molar-refractivity contribution is -0.158. The maximum atomic E-state index is 13.0. The van der Waals surface area contributed by atoms with Gasteiger partial charge in [-0.2, -0.15) is 0 Å². The zero-order valence-electron chi connectivity index (χ0n) is 19.4. The van der Waals surface area contributed by atoms with Crippen molar-refractivity contribution in [1.82, 2.24) is 9.37 Å². The second-order valence-electron chi connectivity index (χ2n) is 8.78. The number of amides is 1. The topological polar surface area (TPSA) is 87.2 Å². The number of nitrogens with zero attached hydrogens (tertiary/aromatic N) is 2. The molecule has 7 nitrogen and oxygen atoms in total. The molecule has 8 heteroatoms. The van der Waals surface area contributed by atoms with Crippen LogP contribution < -0.4 is 0 Å². The van der Waals surface area contributed by atoms with Crippen molar-refractivity contribution in [1.29, 1.82) is 0 Å². The number of hydroxylamine groups is 2. The van der Waals surface area contributed by atoms with Crippen LogP contribution in [-0.4, -0.2) is 60.4 Å². The molecule has 33 heavy (non-hydrogen) atoms. The minimum absolute atomic E-state index is 0.00885. The van der Waals surface area contributed by atoms with Crippen molar-refractivity contribution in [3.63, 3.8) is 0 Å². The molecule has 3 rings (SSSR count). The predicted molar refractivity (Wildman–Crippen MR) is 127 cm³/mol. The molecular formula is C25H34N2O5S. The number of ether oxygens (including phenoxy) is 1. The Morgan fingerprint density at radius 3 is 2.52 bits per heavy atom. The minimum Gasteiger partial charge on any atom is -0.373 e. The van der Waals surface area contributed by atoms with Crippen molar-refractivity contribution < 1.29 is 23.2 Å². The first kappa shape index (κ1) is 25.4. The molecule has 1 heterocycles. The van der Waals surface area contributed by atoms with Crippen molar-refractivity contribution in [2.24, 2.45) is 0 Å². The van der Waals surface area contributed by atoms with Gasteiger partial charge in [0.1, 0.15) is 0 Å². The Balaban J connectivity index is 1.52. The molecule has 180 valence electrons. The van der Waals surface area contributed by atoms with Crippen LogP contribution in [0.25, 0.3) is 0 Å². The molecular weight excluding hydrogens is 440 g/mol. The third-order valence-corrected chi connectivity index (χ3v) is 8.23. The Labute approximate surface area is 197 Å². The van der Waals surface area contributed by atoms with Gasteiger partial charge < -0.3 is 4.74 Å². The highest BCUT2D eigenvalue weighted by Crippen LogP contribution is 2.21. The smallest absolute Gasteiger partial charge is 0.233 e. The van der Waals surface area contributed by atoms with E-state index in [1.165, 1.54) is 15.4 Å². The molecule has 0 aromatic heterocycles. The van der Waals surface area contributed by atoms with Crippen LogP contribution in [0, 0.1) is 13.8 Å². The average Bonchev–Trinajstić information content (AvgIpc) is 2.82. The molecule has 2 aromatic rings. The summed E-state index contributed by atoms with van der Waals surface area (Å²) < 4.78 is 33.6. The summed E-state index contributed by atoms with van der Waals surface area (Å²) in [4.78, 5) is 11.1. The number of sulfonamides is 1. The van der Waals surface area contributed by atoms with Crippen LogP contribution in [0.3, 0.4) is 0 Å². The molecule has 0 spiro atoms. The maximum absolute atomic E-state index is 13.0. The summed E-state index contributed by atoms with van der Waals surface area (Å²) in [5.74, 6) is -0.302. The van der Waals surface area contributed by atoms with Gasteiger partial charge >= 0.3 is 0 Å². The average molecular weight is 475 g/mol. The lowest BCUT2D eigenvalue weighted by Gasteiger charge is -2.33. The number of piperidine rings is 1. The number of hydrogen-bond donors (Lipinski definition) is 1. The monoisotopic (exact) mass is 474 g/mol. The first-order valence-electron chi connectivity index (χ1n) is 11.4. The first-order chi connectivity index (χ1) is 15.8. The molecule has 0 aliphatic carbocycles. The molecule has 1 unspecified atom stereocenters. The van der Waals surface area contributed by atoms with Gasteiger partial charge in [-0.15, -0.1) is 0 Å². The number of benzene rings is 2. The standard InChI is InChI=1S/C25H34N2O5S/c1-20-8-9-21(2)23(16-20)17-32-25-12-14-26(15-13-25)33(30,31)18-24(27(29)19-28)11-10-22-6-4-3-5-7-22/h3-9,16,19,24-25,29H,10-15,17-18H2,1-2H3. The van der Waals surface area contributed by atoms with Gasteiger partial charge in [0.05, 0.1) is 24.5 Å². The highest BCUT2D eigenvalue weighted by molar-refractivity contribution is 7.89. The third kappa shape index (κ3) is 7.37. The lowest BCUT2D eigenvalue weighted by Crippen LogP contribution is -2.46. The summed E-state index contributed by atoms with van der Waals surface area (Å²) in [7, 11) is -3.63. The Morgan fingerprint density at radius 1 is 1.15 bits per heavy atom. The zero-order valence-corrected chi connectivity index (χ0v) is 20.2. The van der Waals surface area contributed by atoms with Gasteiger partial charge in [-0.1, -0.05) is 54.1 Å². The summed E-state index contributed by atoms with van der Waals surface area (Å²) >= 11 is 0. The largest absolute Gasteiger partial charge is 0.373 e. The first-order valence-corrected chi connectivity index (χ1v) is 13.0. The summed E-state index contributed by atoms with van der Waals surface area (Å²) in [6, 6.07) is 15.1. The van der Waals surface area contributed by atoms with Crippen LogP contribution >= 0.6 is 0 Å². The van der Waals surface area contributed by atoms with Gasteiger partial charge in [-0.05, 0) is 56.2 Å². The fourth-order valence-electron chi connectivity index (χ4n) is 4.14. The van der Waals surface area contributed by atoms with Crippen LogP contribution in [0.2, 0.25) is 0 Å². The van der Waals surface area contributed by atoms with Crippen LogP contribution in [0.5, 0.6) is 0 Å². The van der Waals surface area contributed by atoms with E-state index in [2.05, 4.69) is 32.0 Å². The van der Waals surface area contributed by atoms with E-state index in [1.807, 2.05) is 30.3 Å². The Kier molecular flexibility index (Phi) is 9.02. The van der Waals surface area contributed by atoms with Crippen molar-refractivity contribution in [2.75, 3.05) is 18.8 Å². The van der Waals surface area contributed by atoms with E-state index in [9.17, 15) is 18.4 Å². The molecule has 1 N–H and O–H groups in total. The van der Waals surface area contributed by atoms with Gasteiger partial charge in [-0.3, -0.25) is 10.0 Å². The Morgan fingerprint density at radius 2 is 1.85 bits per heavy atom. The fraction of sp³-hybridized carbons (Fsp3) is 0.480. The summed E-state index contributed by atoms with van der Waals surface area (Å²) in [6.45, 7) is 5.38. The van der Waals surface area contributed by atoms with E-state index >= 15 is 0 Å². The second kappa shape index (κ2) is 11.7. The molecule has 1 fully saturated rings. The van der Waals surface area contributed by atoms with Crippen LogP contribution in [0.1, 0.15) is 41.5 Å². The summed E-state index contributed by atoms with van der Waals surface area (Å²) in [6.07, 6.45) is 2.45. The van der Waals surface area contributed by atoms with Gasteiger partial charge in [0.2, 0.25) is 16.4 Å². The quantitative estimate of drug-likeness (QED) is 0.306. The van der Waals surface area contributed by atoms with E-state index in [0.29, 0.717) is 50.4 Å².